The zero-order valence-electron chi connectivity index (χ0n) is 17.7. The number of hydrogen-bond acceptors (Lipinski definition) is 5. The zero-order chi connectivity index (χ0) is 24.8. The topological polar surface area (TPSA) is 133 Å². The maximum atomic E-state index is 12.7. The normalized spacial score (nSPS) is 11.4. The van der Waals surface area contributed by atoms with Crippen LogP contribution >= 0.6 is 27.7 Å². The van der Waals surface area contributed by atoms with Gasteiger partial charge in [-0.15, -0.1) is 11.8 Å². The smallest absolute Gasteiger partial charge is 0.336 e. The lowest BCUT2D eigenvalue weighted by Gasteiger charge is -2.13. The Labute approximate surface area is 207 Å². The number of rotatable bonds is 8. The molecule has 3 aromatic carbocycles. The highest BCUT2D eigenvalue weighted by Gasteiger charge is 2.20. The van der Waals surface area contributed by atoms with Gasteiger partial charge in [0.15, 0.2) is 0 Å². The van der Waals surface area contributed by atoms with Gasteiger partial charge in [0.05, 0.1) is 21.9 Å². The molecule has 0 aliphatic heterocycles. The summed E-state index contributed by atoms with van der Waals surface area (Å²) in [5.74, 6) is -3.59. The second-order valence-electron chi connectivity index (χ2n) is 7.11. The van der Waals surface area contributed by atoms with E-state index in [0.717, 1.165) is 21.5 Å². The van der Waals surface area contributed by atoms with Crippen LogP contribution < -0.4 is 10.6 Å². The number of carbonyl (C=O) groups is 4. The second-order valence-corrected chi connectivity index (χ2v) is 9.44. The number of carboxylic acids is 2. The summed E-state index contributed by atoms with van der Waals surface area (Å²) < 4.78 is 0.903. The highest BCUT2D eigenvalue weighted by molar-refractivity contribution is 9.10. The van der Waals surface area contributed by atoms with E-state index >= 15 is 0 Å². The Hall–Kier alpha value is -3.63. The first-order valence-corrected chi connectivity index (χ1v) is 11.6. The molecule has 0 saturated heterocycles. The first kappa shape index (κ1) is 25.0. The minimum Gasteiger partial charge on any atom is -0.478 e. The van der Waals surface area contributed by atoms with Crippen molar-refractivity contribution in [3.05, 3.63) is 87.9 Å². The third-order valence-electron chi connectivity index (χ3n) is 4.63. The molecule has 3 rings (SSSR count). The SMILES string of the molecule is CC(Sc1cccc(NC(=O)c2ccc(C(=O)O)cc2C(=O)O)c1)C(=O)Nc1ccc(Br)cc1. The molecule has 1 unspecified atom stereocenters. The Morgan fingerprint density at radius 2 is 1.53 bits per heavy atom. The molecule has 0 radical (unpaired) electrons. The quantitative estimate of drug-likeness (QED) is 0.287. The van der Waals surface area contributed by atoms with Crippen LogP contribution in [-0.2, 0) is 4.79 Å². The summed E-state index contributed by atoms with van der Waals surface area (Å²) in [4.78, 5) is 48.6. The third-order valence-corrected chi connectivity index (χ3v) is 6.25. The van der Waals surface area contributed by atoms with Crippen molar-refractivity contribution in [3.8, 4) is 0 Å². The van der Waals surface area contributed by atoms with Crippen LogP contribution in [0.2, 0.25) is 0 Å². The molecule has 0 aliphatic rings. The van der Waals surface area contributed by atoms with Gasteiger partial charge in [-0.05, 0) is 67.6 Å². The summed E-state index contributed by atoms with van der Waals surface area (Å²) in [7, 11) is 0. The Kier molecular flexibility index (Phi) is 8.08. The van der Waals surface area contributed by atoms with E-state index in [1.807, 2.05) is 12.1 Å². The Bertz CT molecular complexity index is 1260. The van der Waals surface area contributed by atoms with E-state index in [9.17, 15) is 24.3 Å². The van der Waals surface area contributed by atoms with Crippen molar-refractivity contribution in [2.45, 2.75) is 17.1 Å². The van der Waals surface area contributed by atoms with Gasteiger partial charge in [-0.3, -0.25) is 9.59 Å². The van der Waals surface area contributed by atoms with E-state index in [0.29, 0.717) is 11.4 Å². The fourth-order valence-electron chi connectivity index (χ4n) is 2.93. The van der Waals surface area contributed by atoms with Crippen molar-refractivity contribution >= 4 is 62.8 Å². The monoisotopic (exact) mass is 542 g/mol. The van der Waals surface area contributed by atoms with Gasteiger partial charge >= 0.3 is 11.9 Å². The molecular weight excluding hydrogens is 524 g/mol. The van der Waals surface area contributed by atoms with E-state index in [-0.39, 0.29) is 17.0 Å². The number of carboxylic acid groups (broad SMARTS) is 2. The standard InChI is InChI=1S/C24H19BrN2O6S/c1-13(21(28)26-16-8-6-15(25)7-9-16)34-18-4-2-3-17(12-18)27-22(29)19-10-5-14(23(30)31)11-20(19)24(32)33/h2-13H,1H3,(H,26,28)(H,27,29)(H,30,31)(H,32,33). The third kappa shape index (κ3) is 6.46. The van der Waals surface area contributed by atoms with Crippen molar-refractivity contribution in [2.24, 2.45) is 0 Å². The van der Waals surface area contributed by atoms with Gasteiger partial charge in [0.1, 0.15) is 0 Å². The number of thioether (sulfide) groups is 1. The molecular formula is C24H19BrN2O6S. The second kappa shape index (κ2) is 11.0. The molecule has 0 heterocycles. The van der Waals surface area contributed by atoms with Gasteiger partial charge < -0.3 is 20.8 Å². The molecule has 10 heteroatoms. The van der Waals surface area contributed by atoms with Crippen molar-refractivity contribution in [2.75, 3.05) is 10.6 Å². The zero-order valence-corrected chi connectivity index (χ0v) is 20.1. The first-order chi connectivity index (χ1) is 16.1. The van der Waals surface area contributed by atoms with Crippen molar-refractivity contribution in [1.82, 2.24) is 0 Å². The number of aromatic carboxylic acids is 2. The molecule has 1 atom stereocenters. The predicted octanol–water partition coefficient (Wildman–Crippen LogP) is 5.22. The predicted molar refractivity (Wildman–Crippen MR) is 133 cm³/mol. The van der Waals surface area contributed by atoms with Crippen LogP contribution in [0.4, 0.5) is 11.4 Å². The molecule has 8 nitrogen and oxygen atoms in total. The Morgan fingerprint density at radius 3 is 2.18 bits per heavy atom. The summed E-state index contributed by atoms with van der Waals surface area (Å²) >= 11 is 4.64. The van der Waals surface area contributed by atoms with Gasteiger partial charge in [-0.1, -0.05) is 22.0 Å². The first-order valence-electron chi connectivity index (χ1n) is 9.89. The van der Waals surface area contributed by atoms with E-state index in [2.05, 4.69) is 26.6 Å². The molecule has 0 aliphatic carbocycles. The van der Waals surface area contributed by atoms with Gasteiger partial charge in [0.2, 0.25) is 5.91 Å². The van der Waals surface area contributed by atoms with E-state index in [4.69, 9.17) is 5.11 Å². The molecule has 34 heavy (non-hydrogen) atoms. The van der Waals surface area contributed by atoms with Crippen LogP contribution in [0.3, 0.4) is 0 Å². The molecule has 4 N–H and O–H groups in total. The summed E-state index contributed by atoms with van der Waals surface area (Å²) in [5, 5.41) is 23.5. The molecule has 174 valence electrons. The number of anilines is 2. The van der Waals surface area contributed by atoms with Crippen LogP contribution in [0.25, 0.3) is 0 Å². The van der Waals surface area contributed by atoms with Crippen molar-refractivity contribution in [1.29, 1.82) is 0 Å². The molecule has 0 saturated carbocycles. The number of nitrogens with one attached hydrogen (secondary N) is 2. The van der Waals surface area contributed by atoms with Gasteiger partial charge in [-0.2, -0.15) is 0 Å². The van der Waals surface area contributed by atoms with Gasteiger partial charge in [0, 0.05) is 20.7 Å². The van der Waals surface area contributed by atoms with Crippen molar-refractivity contribution in [3.63, 3.8) is 0 Å². The molecule has 0 bridgehead atoms. The average Bonchev–Trinajstić information content (AvgIpc) is 2.80. The summed E-state index contributed by atoms with van der Waals surface area (Å²) in [6, 6.07) is 17.3. The number of halogens is 1. The maximum Gasteiger partial charge on any atom is 0.336 e. The number of amides is 2. The highest BCUT2D eigenvalue weighted by Crippen LogP contribution is 2.27. The molecule has 3 aromatic rings. The number of benzene rings is 3. The van der Waals surface area contributed by atoms with E-state index in [1.165, 1.54) is 17.8 Å². The summed E-state index contributed by atoms with van der Waals surface area (Å²) in [5.41, 5.74) is 0.251. The molecule has 0 fully saturated rings. The molecule has 0 spiro atoms. The molecule has 0 aromatic heterocycles. The van der Waals surface area contributed by atoms with Crippen molar-refractivity contribution < 1.29 is 29.4 Å². The van der Waals surface area contributed by atoms with Crippen LogP contribution in [0.1, 0.15) is 38.0 Å². The van der Waals surface area contributed by atoms with E-state index < -0.39 is 28.7 Å². The fraction of sp³-hybridized carbons (Fsp3) is 0.0833. The Morgan fingerprint density at radius 1 is 0.824 bits per heavy atom. The fourth-order valence-corrected chi connectivity index (χ4v) is 4.12. The number of carbonyl (C=O) groups excluding carboxylic acids is 2. The van der Waals surface area contributed by atoms with E-state index in [1.54, 1.807) is 43.3 Å². The largest absolute Gasteiger partial charge is 0.478 e. The lowest BCUT2D eigenvalue weighted by Crippen LogP contribution is -2.22. The van der Waals surface area contributed by atoms with Gasteiger partial charge in [0.25, 0.3) is 5.91 Å². The number of hydrogen-bond donors (Lipinski definition) is 4. The van der Waals surface area contributed by atoms with Gasteiger partial charge in [-0.25, -0.2) is 9.59 Å². The minimum atomic E-state index is -1.41. The lowest BCUT2D eigenvalue weighted by atomic mass is 10.0. The average molecular weight is 543 g/mol. The summed E-state index contributed by atoms with van der Waals surface area (Å²) in [6.07, 6.45) is 0. The van der Waals surface area contributed by atoms with Crippen LogP contribution in [0, 0.1) is 0 Å². The summed E-state index contributed by atoms with van der Waals surface area (Å²) in [6.45, 7) is 1.76. The highest BCUT2D eigenvalue weighted by atomic mass is 79.9. The lowest BCUT2D eigenvalue weighted by molar-refractivity contribution is -0.115. The van der Waals surface area contributed by atoms with Crippen LogP contribution in [0.15, 0.2) is 76.1 Å². The molecule has 2 amide bonds. The minimum absolute atomic E-state index is 0.169. The Balaban J connectivity index is 1.70. The maximum absolute atomic E-state index is 12.7. The van der Waals surface area contributed by atoms with Crippen LogP contribution in [-0.4, -0.2) is 39.2 Å². The van der Waals surface area contributed by atoms with Crippen LogP contribution in [0.5, 0.6) is 0 Å².